The molecule has 3 aromatic rings. The van der Waals surface area contributed by atoms with Gasteiger partial charge in [0, 0.05) is 19.8 Å². The minimum absolute atomic E-state index is 0.269. The molecular formula is C27H28N2O4. The highest BCUT2D eigenvalue weighted by molar-refractivity contribution is 5.90. The molecule has 0 saturated carbocycles. The van der Waals surface area contributed by atoms with Crippen molar-refractivity contribution in [3.8, 4) is 11.1 Å². The van der Waals surface area contributed by atoms with Gasteiger partial charge in [-0.15, -0.1) is 0 Å². The minimum Gasteiger partial charge on any atom is -0.467 e. The van der Waals surface area contributed by atoms with Crippen molar-refractivity contribution in [1.29, 1.82) is 0 Å². The van der Waals surface area contributed by atoms with Crippen molar-refractivity contribution >= 4 is 17.8 Å². The van der Waals surface area contributed by atoms with Crippen LogP contribution in [0.2, 0.25) is 0 Å². The van der Waals surface area contributed by atoms with Gasteiger partial charge in [0.15, 0.2) is 0 Å². The number of benzene rings is 3. The lowest BCUT2D eigenvalue weighted by Crippen LogP contribution is -2.53. The summed E-state index contributed by atoms with van der Waals surface area (Å²) < 4.78 is 4.92. The van der Waals surface area contributed by atoms with E-state index < -0.39 is 24.0 Å². The van der Waals surface area contributed by atoms with Crippen molar-refractivity contribution in [1.82, 2.24) is 10.6 Å². The quantitative estimate of drug-likeness (QED) is 0.496. The number of rotatable bonds is 9. The van der Waals surface area contributed by atoms with Gasteiger partial charge in [0.1, 0.15) is 12.1 Å². The maximum atomic E-state index is 13.0. The first-order chi connectivity index (χ1) is 16.0. The second kappa shape index (κ2) is 11.6. The van der Waals surface area contributed by atoms with E-state index in [0.29, 0.717) is 6.42 Å². The molecule has 0 unspecified atom stereocenters. The molecule has 0 aliphatic rings. The van der Waals surface area contributed by atoms with Crippen molar-refractivity contribution in [3.05, 3.63) is 96.1 Å². The monoisotopic (exact) mass is 444 g/mol. The first-order valence-electron chi connectivity index (χ1n) is 10.8. The SMILES string of the molecule is COC(=O)[C@H](Cc1ccc(-c2ccccc2)cc1)NC(=O)[C@H](Cc1ccccc1)NC(C)=O. The van der Waals surface area contributed by atoms with Crippen molar-refractivity contribution in [2.45, 2.75) is 31.8 Å². The first kappa shape index (κ1) is 23.7. The maximum absolute atomic E-state index is 13.0. The van der Waals surface area contributed by atoms with Gasteiger partial charge in [-0.2, -0.15) is 0 Å². The summed E-state index contributed by atoms with van der Waals surface area (Å²) in [5.74, 6) is -1.31. The van der Waals surface area contributed by atoms with Crippen LogP contribution < -0.4 is 10.6 Å². The Kier molecular flexibility index (Phi) is 8.36. The highest BCUT2D eigenvalue weighted by Crippen LogP contribution is 2.20. The molecule has 0 radical (unpaired) electrons. The smallest absolute Gasteiger partial charge is 0.328 e. The van der Waals surface area contributed by atoms with Crippen LogP contribution in [-0.4, -0.2) is 37.0 Å². The molecular weight excluding hydrogens is 416 g/mol. The molecule has 0 heterocycles. The Balaban J connectivity index is 1.72. The van der Waals surface area contributed by atoms with E-state index in [-0.39, 0.29) is 12.3 Å². The first-order valence-corrected chi connectivity index (χ1v) is 10.8. The zero-order valence-corrected chi connectivity index (χ0v) is 18.8. The Bertz CT molecular complexity index is 1070. The molecule has 0 aliphatic carbocycles. The normalized spacial score (nSPS) is 12.3. The van der Waals surface area contributed by atoms with Crippen LogP contribution in [0.25, 0.3) is 11.1 Å². The number of carbonyl (C=O) groups is 3. The van der Waals surface area contributed by atoms with Crippen LogP contribution in [0.15, 0.2) is 84.9 Å². The van der Waals surface area contributed by atoms with E-state index in [2.05, 4.69) is 10.6 Å². The molecule has 6 heteroatoms. The Morgan fingerprint density at radius 2 is 1.21 bits per heavy atom. The fraction of sp³-hybridized carbons (Fsp3) is 0.222. The zero-order chi connectivity index (χ0) is 23.6. The molecule has 3 rings (SSSR count). The number of methoxy groups -OCH3 is 1. The van der Waals surface area contributed by atoms with E-state index in [1.807, 2.05) is 84.9 Å². The van der Waals surface area contributed by atoms with Gasteiger partial charge in [-0.1, -0.05) is 84.9 Å². The molecule has 2 amide bonds. The summed E-state index contributed by atoms with van der Waals surface area (Å²) in [5.41, 5.74) is 3.94. The predicted molar refractivity (Wildman–Crippen MR) is 127 cm³/mol. The van der Waals surface area contributed by atoms with Crippen molar-refractivity contribution in [3.63, 3.8) is 0 Å². The fourth-order valence-electron chi connectivity index (χ4n) is 3.61. The Labute approximate surface area is 194 Å². The highest BCUT2D eigenvalue weighted by Gasteiger charge is 2.27. The number of esters is 1. The summed E-state index contributed by atoms with van der Waals surface area (Å²) in [6.45, 7) is 1.36. The van der Waals surface area contributed by atoms with Crippen molar-refractivity contribution < 1.29 is 19.1 Å². The number of nitrogens with one attached hydrogen (secondary N) is 2. The lowest BCUT2D eigenvalue weighted by atomic mass is 10.00. The second-order valence-electron chi connectivity index (χ2n) is 7.79. The van der Waals surface area contributed by atoms with Gasteiger partial charge in [-0.05, 0) is 22.3 Å². The van der Waals surface area contributed by atoms with Gasteiger partial charge in [0.05, 0.1) is 7.11 Å². The van der Waals surface area contributed by atoms with Crippen LogP contribution in [0.5, 0.6) is 0 Å². The molecule has 170 valence electrons. The molecule has 0 bridgehead atoms. The van der Waals surface area contributed by atoms with Crippen LogP contribution >= 0.6 is 0 Å². The van der Waals surface area contributed by atoms with Gasteiger partial charge in [0.25, 0.3) is 0 Å². The third-order valence-corrected chi connectivity index (χ3v) is 5.28. The van der Waals surface area contributed by atoms with Crippen LogP contribution in [0, 0.1) is 0 Å². The van der Waals surface area contributed by atoms with E-state index in [0.717, 1.165) is 22.3 Å². The van der Waals surface area contributed by atoms with E-state index in [9.17, 15) is 14.4 Å². The Morgan fingerprint density at radius 1 is 0.697 bits per heavy atom. The number of ether oxygens (including phenoxy) is 1. The van der Waals surface area contributed by atoms with E-state index >= 15 is 0 Å². The van der Waals surface area contributed by atoms with Gasteiger partial charge in [-0.3, -0.25) is 9.59 Å². The maximum Gasteiger partial charge on any atom is 0.328 e. The number of hydrogen-bond donors (Lipinski definition) is 2. The molecule has 0 spiro atoms. The number of amides is 2. The third kappa shape index (κ3) is 7.04. The standard InChI is InChI=1S/C27H28N2O4/c1-19(30)28-24(17-20-9-5-3-6-10-20)26(31)29-25(27(32)33-2)18-21-13-15-23(16-14-21)22-11-7-4-8-12-22/h3-16,24-25H,17-18H2,1-2H3,(H,28,30)(H,29,31)/t24-,25-/m0/s1. The lowest BCUT2D eigenvalue weighted by Gasteiger charge is -2.22. The number of carbonyl (C=O) groups excluding carboxylic acids is 3. The lowest BCUT2D eigenvalue weighted by molar-refractivity contribution is -0.145. The van der Waals surface area contributed by atoms with Gasteiger partial charge < -0.3 is 15.4 Å². The molecule has 0 aromatic heterocycles. The van der Waals surface area contributed by atoms with E-state index in [4.69, 9.17) is 4.74 Å². The molecule has 33 heavy (non-hydrogen) atoms. The topological polar surface area (TPSA) is 84.5 Å². The highest BCUT2D eigenvalue weighted by atomic mass is 16.5. The summed E-state index contributed by atoms with van der Waals surface area (Å²) in [4.78, 5) is 37.1. The summed E-state index contributed by atoms with van der Waals surface area (Å²) >= 11 is 0. The molecule has 3 aromatic carbocycles. The second-order valence-corrected chi connectivity index (χ2v) is 7.79. The van der Waals surface area contributed by atoms with Crippen LogP contribution in [0.3, 0.4) is 0 Å². The fourth-order valence-corrected chi connectivity index (χ4v) is 3.61. The van der Waals surface area contributed by atoms with Crippen LogP contribution in [-0.2, 0) is 32.0 Å². The van der Waals surface area contributed by atoms with Crippen LogP contribution in [0.4, 0.5) is 0 Å². The van der Waals surface area contributed by atoms with Crippen LogP contribution in [0.1, 0.15) is 18.1 Å². The zero-order valence-electron chi connectivity index (χ0n) is 18.8. The predicted octanol–water partition coefficient (Wildman–Crippen LogP) is 3.30. The van der Waals surface area contributed by atoms with E-state index in [1.165, 1.54) is 14.0 Å². The van der Waals surface area contributed by atoms with Gasteiger partial charge in [0.2, 0.25) is 11.8 Å². The summed E-state index contributed by atoms with van der Waals surface area (Å²) in [7, 11) is 1.29. The summed E-state index contributed by atoms with van der Waals surface area (Å²) in [6.07, 6.45) is 0.581. The van der Waals surface area contributed by atoms with Gasteiger partial charge >= 0.3 is 5.97 Å². The minimum atomic E-state index is -0.878. The van der Waals surface area contributed by atoms with Gasteiger partial charge in [-0.25, -0.2) is 4.79 Å². The molecule has 0 saturated heterocycles. The summed E-state index contributed by atoms with van der Waals surface area (Å²) in [6, 6.07) is 25.5. The molecule has 2 atom stereocenters. The average Bonchev–Trinajstić information content (AvgIpc) is 2.84. The largest absolute Gasteiger partial charge is 0.467 e. The Morgan fingerprint density at radius 3 is 1.79 bits per heavy atom. The summed E-state index contributed by atoms with van der Waals surface area (Å²) in [5, 5.41) is 5.44. The Hall–Kier alpha value is -3.93. The number of hydrogen-bond acceptors (Lipinski definition) is 4. The molecule has 2 N–H and O–H groups in total. The average molecular weight is 445 g/mol. The molecule has 0 aliphatic heterocycles. The van der Waals surface area contributed by atoms with E-state index in [1.54, 1.807) is 0 Å². The van der Waals surface area contributed by atoms with Crippen molar-refractivity contribution in [2.24, 2.45) is 0 Å². The molecule has 0 fully saturated rings. The van der Waals surface area contributed by atoms with Crippen molar-refractivity contribution in [2.75, 3.05) is 7.11 Å². The molecule has 6 nitrogen and oxygen atoms in total. The third-order valence-electron chi connectivity index (χ3n) is 5.28.